The van der Waals surface area contributed by atoms with Gasteiger partial charge in [0.2, 0.25) is 5.91 Å². The molecule has 7 nitrogen and oxygen atoms in total. The molecule has 0 atom stereocenters. The Kier molecular flexibility index (Phi) is 3.22. The summed E-state index contributed by atoms with van der Waals surface area (Å²) in [5.74, 6) is -0.343. The van der Waals surface area contributed by atoms with Gasteiger partial charge in [0.25, 0.3) is 5.91 Å². The summed E-state index contributed by atoms with van der Waals surface area (Å²) in [7, 11) is 1.73. The average Bonchev–Trinajstić information content (AvgIpc) is 2.73. The first-order valence-corrected chi connectivity index (χ1v) is 5.89. The summed E-state index contributed by atoms with van der Waals surface area (Å²) in [5, 5.41) is 4.12. The SMILES string of the molecule is CCn1cc(N)c(C(=O)N2CCN(C)C(=O)C2)n1. The van der Waals surface area contributed by atoms with E-state index in [1.165, 1.54) is 4.90 Å². The van der Waals surface area contributed by atoms with Crippen molar-refractivity contribution in [2.75, 3.05) is 32.4 Å². The molecule has 0 unspecified atom stereocenters. The molecule has 1 aromatic heterocycles. The fraction of sp³-hybridized carbons (Fsp3) is 0.545. The number of aromatic nitrogens is 2. The molecule has 1 aromatic rings. The molecule has 1 aliphatic heterocycles. The van der Waals surface area contributed by atoms with Gasteiger partial charge in [0.15, 0.2) is 5.69 Å². The second-order valence-corrected chi connectivity index (χ2v) is 4.33. The predicted octanol–water partition coefficient (Wildman–Crippen LogP) is -0.601. The zero-order valence-electron chi connectivity index (χ0n) is 10.6. The van der Waals surface area contributed by atoms with E-state index >= 15 is 0 Å². The van der Waals surface area contributed by atoms with E-state index in [-0.39, 0.29) is 24.1 Å². The molecule has 98 valence electrons. The molecule has 2 amide bonds. The van der Waals surface area contributed by atoms with Crippen molar-refractivity contribution in [2.45, 2.75) is 13.5 Å². The quantitative estimate of drug-likeness (QED) is 0.760. The summed E-state index contributed by atoms with van der Waals surface area (Å²) < 4.78 is 1.61. The number of piperazine rings is 1. The molecular weight excluding hydrogens is 234 g/mol. The van der Waals surface area contributed by atoms with Crippen LogP contribution in [0.5, 0.6) is 0 Å². The molecule has 0 saturated carbocycles. The third kappa shape index (κ3) is 2.15. The third-order valence-electron chi connectivity index (χ3n) is 3.06. The maximum Gasteiger partial charge on any atom is 0.277 e. The first-order valence-electron chi connectivity index (χ1n) is 5.89. The lowest BCUT2D eigenvalue weighted by atomic mass is 10.2. The van der Waals surface area contributed by atoms with E-state index < -0.39 is 0 Å². The van der Waals surface area contributed by atoms with Gasteiger partial charge < -0.3 is 15.5 Å². The van der Waals surface area contributed by atoms with Crippen LogP contribution >= 0.6 is 0 Å². The van der Waals surface area contributed by atoms with Gasteiger partial charge in [-0.25, -0.2) is 0 Å². The maximum atomic E-state index is 12.2. The van der Waals surface area contributed by atoms with Crippen LogP contribution in [0.2, 0.25) is 0 Å². The summed E-state index contributed by atoms with van der Waals surface area (Å²) in [6, 6.07) is 0. The molecule has 18 heavy (non-hydrogen) atoms. The van der Waals surface area contributed by atoms with Crippen LogP contribution in [0.1, 0.15) is 17.4 Å². The minimum Gasteiger partial charge on any atom is -0.396 e. The zero-order chi connectivity index (χ0) is 13.3. The van der Waals surface area contributed by atoms with Crippen LogP contribution in [0.15, 0.2) is 6.20 Å². The van der Waals surface area contributed by atoms with E-state index in [9.17, 15) is 9.59 Å². The first-order chi connectivity index (χ1) is 8.52. The molecule has 0 aliphatic carbocycles. The summed E-state index contributed by atoms with van der Waals surface area (Å²) in [4.78, 5) is 26.9. The van der Waals surface area contributed by atoms with Crippen LogP contribution in [0, 0.1) is 0 Å². The smallest absolute Gasteiger partial charge is 0.277 e. The number of anilines is 1. The normalized spacial score (nSPS) is 16.2. The summed E-state index contributed by atoms with van der Waals surface area (Å²) in [6.07, 6.45) is 1.63. The Balaban J connectivity index is 2.16. The molecular formula is C11H17N5O2. The van der Waals surface area contributed by atoms with Gasteiger partial charge in [-0.3, -0.25) is 14.3 Å². The number of nitrogens with two attached hydrogens (primary N) is 1. The summed E-state index contributed by atoms with van der Waals surface area (Å²) >= 11 is 0. The Hall–Kier alpha value is -2.05. The van der Waals surface area contributed by atoms with E-state index in [2.05, 4.69) is 5.10 Å². The zero-order valence-corrected chi connectivity index (χ0v) is 10.6. The van der Waals surface area contributed by atoms with Crippen LogP contribution in [0.4, 0.5) is 5.69 Å². The van der Waals surface area contributed by atoms with Gasteiger partial charge in [0, 0.05) is 32.9 Å². The Morgan fingerprint density at radius 1 is 1.50 bits per heavy atom. The number of carbonyl (C=O) groups excluding carboxylic acids is 2. The van der Waals surface area contributed by atoms with Crippen LogP contribution in [0.3, 0.4) is 0 Å². The third-order valence-corrected chi connectivity index (χ3v) is 3.06. The fourth-order valence-electron chi connectivity index (χ4n) is 1.85. The lowest BCUT2D eigenvalue weighted by Gasteiger charge is -2.31. The standard InChI is InChI=1S/C11H17N5O2/c1-3-16-6-8(12)10(13-16)11(18)15-5-4-14(2)9(17)7-15/h6H,3-5,7,12H2,1-2H3. The highest BCUT2D eigenvalue weighted by Crippen LogP contribution is 2.13. The number of amides is 2. The van der Waals surface area contributed by atoms with Gasteiger partial charge in [-0.1, -0.05) is 0 Å². The van der Waals surface area contributed by atoms with E-state index in [1.54, 1.807) is 22.8 Å². The van der Waals surface area contributed by atoms with Crippen molar-refractivity contribution in [1.29, 1.82) is 0 Å². The highest BCUT2D eigenvalue weighted by molar-refractivity contribution is 5.99. The number of rotatable bonds is 2. The lowest BCUT2D eigenvalue weighted by Crippen LogP contribution is -2.50. The van der Waals surface area contributed by atoms with Gasteiger partial charge in [0.1, 0.15) is 6.54 Å². The van der Waals surface area contributed by atoms with Crippen molar-refractivity contribution in [3.63, 3.8) is 0 Å². The lowest BCUT2D eigenvalue weighted by molar-refractivity contribution is -0.133. The van der Waals surface area contributed by atoms with Crippen LogP contribution in [0.25, 0.3) is 0 Å². The first kappa shape index (κ1) is 12.4. The van der Waals surface area contributed by atoms with Crippen molar-refractivity contribution in [2.24, 2.45) is 0 Å². The van der Waals surface area contributed by atoms with E-state index in [0.29, 0.717) is 25.3 Å². The van der Waals surface area contributed by atoms with Crippen molar-refractivity contribution in [1.82, 2.24) is 19.6 Å². The molecule has 1 aliphatic rings. The number of nitrogens with zero attached hydrogens (tertiary/aromatic N) is 4. The highest BCUT2D eigenvalue weighted by Gasteiger charge is 2.28. The molecule has 0 aromatic carbocycles. The summed E-state index contributed by atoms with van der Waals surface area (Å²) in [5.41, 5.74) is 6.35. The summed E-state index contributed by atoms with van der Waals surface area (Å²) in [6.45, 7) is 3.71. The molecule has 2 N–H and O–H groups in total. The minimum atomic E-state index is -0.277. The van der Waals surface area contributed by atoms with Gasteiger partial charge >= 0.3 is 0 Å². The topological polar surface area (TPSA) is 84.5 Å². The minimum absolute atomic E-state index is 0.0666. The molecule has 0 spiro atoms. The van der Waals surface area contributed by atoms with E-state index in [0.717, 1.165) is 0 Å². The van der Waals surface area contributed by atoms with E-state index in [4.69, 9.17) is 5.73 Å². The predicted molar refractivity (Wildman–Crippen MR) is 65.9 cm³/mol. The van der Waals surface area contributed by atoms with Gasteiger partial charge in [-0.2, -0.15) is 5.10 Å². The van der Waals surface area contributed by atoms with Gasteiger partial charge in [0.05, 0.1) is 5.69 Å². The average molecular weight is 251 g/mol. The number of likely N-dealkylation sites (N-methyl/N-ethyl adjacent to an activating group) is 1. The number of hydrogen-bond acceptors (Lipinski definition) is 4. The number of carbonyl (C=O) groups is 2. The monoisotopic (exact) mass is 251 g/mol. The number of aryl methyl sites for hydroxylation is 1. The molecule has 7 heteroatoms. The second-order valence-electron chi connectivity index (χ2n) is 4.33. The van der Waals surface area contributed by atoms with Crippen molar-refractivity contribution in [3.05, 3.63) is 11.9 Å². The van der Waals surface area contributed by atoms with Gasteiger partial charge in [-0.05, 0) is 6.92 Å². The molecule has 2 heterocycles. The Morgan fingerprint density at radius 3 is 2.78 bits per heavy atom. The fourth-order valence-corrected chi connectivity index (χ4v) is 1.85. The molecule has 0 radical (unpaired) electrons. The highest BCUT2D eigenvalue weighted by atomic mass is 16.2. The second kappa shape index (κ2) is 4.67. The molecule has 0 bridgehead atoms. The molecule has 1 saturated heterocycles. The Morgan fingerprint density at radius 2 is 2.22 bits per heavy atom. The molecule has 1 fully saturated rings. The van der Waals surface area contributed by atoms with Crippen LogP contribution in [-0.4, -0.2) is 58.1 Å². The molecule has 2 rings (SSSR count). The Labute approximate surface area is 105 Å². The maximum absolute atomic E-state index is 12.2. The Bertz CT molecular complexity index is 482. The van der Waals surface area contributed by atoms with Crippen LogP contribution in [-0.2, 0) is 11.3 Å². The van der Waals surface area contributed by atoms with Gasteiger partial charge in [-0.15, -0.1) is 0 Å². The van der Waals surface area contributed by atoms with Crippen LogP contribution < -0.4 is 5.73 Å². The number of hydrogen-bond donors (Lipinski definition) is 1. The van der Waals surface area contributed by atoms with E-state index in [1.807, 2.05) is 6.92 Å². The van der Waals surface area contributed by atoms with Crippen molar-refractivity contribution in [3.8, 4) is 0 Å². The largest absolute Gasteiger partial charge is 0.396 e. The van der Waals surface area contributed by atoms with Crippen molar-refractivity contribution >= 4 is 17.5 Å². The van der Waals surface area contributed by atoms with Crippen molar-refractivity contribution < 1.29 is 9.59 Å². The number of nitrogen functional groups attached to an aromatic ring is 1.